The first-order chi connectivity index (χ1) is 18.2. The molecule has 37 heavy (non-hydrogen) atoms. The largest absolute Gasteiger partial charge is 0.378 e. The van der Waals surface area contributed by atoms with Crippen molar-refractivity contribution in [3.05, 3.63) is 72.7 Å². The fourth-order valence-corrected chi connectivity index (χ4v) is 5.37. The standard InChI is InChI=1S/C28H31N7O2/c36-28(33-24-8-1-2-9-25(24)34-13-15-37-16-14-34)32-22-7-3-5-20(17-22)21-6-4-12-35(18-21)27-23-10-11-29-26(23)30-19-31-27/h1-3,5,7-11,17,19,21H,4,6,12-16,18H2,(H,29,30,31)(H2,32,33,36). The van der Waals surface area contributed by atoms with E-state index in [9.17, 15) is 4.79 Å². The highest BCUT2D eigenvalue weighted by atomic mass is 16.5. The number of benzene rings is 2. The number of nitrogens with one attached hydrogen (secondary N) is 3. The van der Waals surface area contributed by atoms with E-state index in [2.05, 4.69) is 47.5 Å². The average Bonchev–Trinajstić information content (AvgIpc) is 3.43. The number of carbonyl (C=O) groups excluding carboxylic acids is 1. The van der Waals surface area contributed by atoms with Crippen LogP contribution >= 0.6 is 0 Å². The minimum atomic E-state index is -0.251. The Morgan fingerprint density at radius 2 is 1.86 bits per heavy atom. The van der Waals surface area contributed by atoms with E-state index in [4.69, 9.17) is 4.74 Å². The summed E-state index contributed by atoms with van der Waals surface area (Å²) < 4.78 is 5.48. The predicted octanol–water partition coefficient (Wildman–Crippen LogP) is 4.82. The van der Waals surface area contributed by atoms with Gasteiger partial charge in [0.25, 0.3) is 0 Å². The molecule has 1 unspecified atom stereocenters. The summed E-state index contributed by atoms with van der Waals surface area (Å²) in [5.74, 6) is 1.33. The van der Waals surface area contributed by atoms with Crippen molar-refractivity contribution in [2.24, 2.45) is 0 Å². The van der Waals surface area contributed by atoms with Crippen LogP contribution in [0.3, 0.4) is 0 Å². The average molecular weight is 498 g/mol. The van der Waals surface area contributed by atoms with Crippen molar-refractivity contribution in [1.29, 1.82) is 0 Å². The maximum Gasteiger partial charge on any atom is 0.323 e. The fourth-order valence-electron chi connectivity index (χ4n) is 5.37. The fraction of sp³-hybridized carbons (Fsp3) is 0.321. The molecule has 0 aliphatic carbocycles. The molecule has 6 rings (SSSR count). The Balaban J connectivity index is 1.14. The topological polar surface area (TPSA) is 98.4 Å². The molecular formula is C28H31N7O2. The van der Waals surface area contributed by atoms with Gasteiger partial charge in [0.2, 0.25) is 0 Å². The molecule has 4 heterocycles. The number of piperidine rings is 1. The van der Waals surface area contributed by atoms with Crippen molar-refractivity contribution in [3.8, 4) is 0 Å². The number of para-hydroxylation sites is 2. The second-order valence-electron chi connectivity index (χ2n) is 9.54. The Hall–Kier alpha value is -4.11. The van der Waals surface area contributed by atoms with Gasteiger partial charge in [-0.1, -0.05) is 24.3 Å². The van der Waals surface area contributed by atoms with Gasteiger partial charge in [-0.25, -0.2) is 14.8 Å². The third-order valence-corrected chi connectivity index (χ3v) is 7.17. The van der Waals surface area contributed by atoms with Crippen molar-refractivity contribution in [3.63, 3.8) is 0 Å². The summed E-state index contributed by atoms with van der Waals surface area (Å²) in [5, 5.41) is 7.12. The number of anilines is 4. The van der Waals surface area contributed by atoms with Gasteiger partial charge in [0.15, 0.2) is 0 Å². The Morgan fingerprint density at radius 3 is 2.78 bits per heavy atom. The van der Waals surface area contributed by atoms with Crippen molar-refractivity contribution >= 4 is 39.9 Å². The third kappa shape index (κ3) is 5.08. The number of rotatable bonds is 5. The van der Waals surface area contributed by atoms with Crippen LogP contribution in [0.2, 0.25) is 0 Å². The molecule has 2 aromatic carbocycles. The van der Waals surface area contributed by atoms with Gasteiger partial charge in [0.1, 0.15) is 17.8 Å². The highest BCUT2D eigenvalue weighted by Crippen LogP contribution is 2.33. The van der Waals surface area contributed by atoms with Crippen molar-refractivity contribution in [2.45, 2.75) is 18.8 Å². The predicted molar refractivity (Wildman–Crippen MR) is 147 cm³/mol. The molecule has 0 saturated carbocycles. The minimum absolute atomic E-state index is 0.251. The number of amides is 2. The molecule has 0 radical (unpaired) electrons. The van der Waals surface area contributed by atoms with E-state index in [1.807, 2.05) is 48.7 Å². The molecule has 0 bridgehead atoms. The first-order valence-electron chi connectivity index (χ1n) is 12.9. The van der Waals surface area contributed by atoms with Crippen molar-refractivity contribution in [1.82, 2.24) is 15.0 Å². The highest BCUT2D eigenvalue weighted by Gasteiger charge is 2.24. The Labute approximate surface area is 215 Å². The Morgan fingerprint density at radius 1 is 0.973 bits per heavy atom. The lowest BCUT2D eigenvalue weighted by molar-refractivity contribution is 0.123. The monoisotopic (exact) mass is 497 g/mol. The molecule has 2 amide bonds. The normalized spacial score (nSPS) is 18.1. The number of morpholine rings is 1. The van der Waals surface area contributed by atoms with Gasteiger partial charge < -0.3 is 30.2 Å². The van der Waals surface area contributed by atoms with E-state index in [0.29, 0.717) is 19.1 Å². The Bertz CT molecular complexity index is 1380. The number of nitrogens with zero attached hydrogens (tertiary/aromatic N) is 4. The van der Waals surface area contributed by atoms with E-state index < -0.39 is 0 Å². The van der Waals surface area contributed by atoms with Crippen LogP contribution in [0.5, 0.6) is 0 Å². The van der Waals surface area contributed by atoms with Crippen LogP contribution in [-0.4, -0.2) is 60.4 Å². The lowest BCUT2D eigenvalue weighted by atomic mass is 9.90. The molecule has 2 aliphatic heterocycles. The van der Waals surface area contributed by atoms with Crippen molar-refractivity contribution in [2.75, 3.05) is 59.8 Å². The zero-order valence-corrected chi connectivity index (χ0v) is 20.7. The number of hydrogen-bond donors (Lipinski definition) is 3. The number of H-pyrrole nitrogens is 1. The molecule has 0 spiro atoms. The molecule has 1 atom stereocenters. The SMILES string of the molecule is O=C(Nc1cccc(C2CCCN(c3ncnc4[nH]ccc34)C2)c1)Nc1ccccc1N1CCOCC1. The quantitative estimate of drug-likeness (QED) is 0.366. The molecule has 9 nitrogen and oxygen atoms in total. The van der Waals surface area contributed by atoms with Gasteiger partial charge in [0, 0.05) is 44.0 Å². The summed E-state index contributed by atoms with van der Waals surface area (Å²) in [6.07, 6.45) is 5.71. The first kappa shape index (κ1) is 23.3. The van der Waals surface area contributed by atoms with E-state index in [1.165, 1.54) is 5.56 Å². The molecule has 9 heteroatoms. The van der Waals surface area contributed by atoms with E-state index in [1.54, 1.807) is 6.33 Å². The van der Waals surface area contributed by atoms with Crippen LogP contribution < -0.4 is 20.4 Å². The Kier molecular flexibility index (Phi) is 6.60. The molecule has 190 valence electrons. The number of fused-ring (bicyclic) bond motifs is 1. The number of aromatic amines is 1. The molecular weight excluding hydrogens is 466 g/mol. The second-order valence-corrected chi connectivity index (χ2v) is 9.54. The van der Waals surface area contributed by atoms with Gasteiger partial charge in [-0.2, -0.15) is 0 Å². The van der Waals surface area contributed by atoms with Crippen LogP contribution in [-0.2, 0) is 4.74 Å². The van der Waals surface area contributed by atoms with Gasteiger partial charge >= 0.3 is 6.03 Å². The highest BCUT2D eigenvalue weighted by molar-refractivity contribution is 6.02. The van der Waals surface area contributed by atoms with Gasteiger partial charge in [-0.3, -0.25) is 0 Å². The van der Waals surface area contributed by atoms with Gasteiger partial charge in [-0.05, 0) is 48.7 Å². The lowest BCUT2D eigenvalue weighted by Gasteiger charge is -2.34. The lowest BCUT2D eigenvalue weighted by Crippen LogP contribution is -2.37. The number of aromatic nitrogens is 3. The number of hydrogen-bond acceptors (Lipinski definition) is 6. The minimum Gasteiger partial charge on any atom is -0.378 e. The summed E-state index contributed by atoms with van der Waals surface area (Å²) in [6.45, 7) is 4.85. The van der Waals surface area contributed by atoms with E-state index in [0.717, 1.165) is 72.9 Å². The van der Waals surface area contributed by atoms with Gasteiger partial charge in [-0.15, -0.1) is 0 Å². The van der Waals surface area contributed by atoms with Crippen LogP contribution in [0.4, 0.5) is 27.7 Å². The third-order valence-electron chi connectivity index (χ3n) is 7.17. The summed E-state index contributed by atoms with van der Waals surface area (Å²) in [7, 11) is 0. The summed E-state index contributed by atoms with van der Waals surface area (Å²) in [6, 6.07) is 17.9. The second kappa shape index (κ2) is 10.5. The van der Waals surface area contributed by atoms with Crippen LogP contribution in [0, 0.1) is 0 Å². The maximum absolute atomic E-state index is 12.9. The molecule has 2 fully saturated rings. The molecule has 4 aromatic rings. The zero-order chi connectivity index (χ0) is 25.0. The number of carbonyl (C=O) groups is 1. The van der Waals surface area contributed by atoms with Crippen LogP contribution in [0.25, 0.3) is 11.0 Å². The summed E-state index contributed by atoms with van der Waals surface area (Å²) in [4.78, 5) is 29.6. The smallest absolute Gasteiger partial charge is 0.323 e. The number of urea groups is 1. The van der Waals surface area contributed by atoms with E-state index >= 15 is 0 Å². The van der Waals surface area contributed by atoms with Gasteiger partial charge in [0.05, 0.1) is 30.0 Å². The van der Waals surface area contributed by atoms with Crippen LogP contribution in [0.1, 0.15) is 24.3 Å². The molecule has 2 saturated heterocycles. The first-order valence-corrected chi connectivity index (χ1v) is 12.9. The summed E-state index contributed by atoms with van der Waals surface area (Å²) in [5.41, 5.74) is 4.67. The molecule has 3 N–H and O–H groups in total. The maximum atomic E-state index is 12.9. The van der Waals surface area contributed by atoms with Crippen molar-refractivity contribution < 1.29 is 9.53 Å². The molecule has 2 aromatic heterocycles. The zero-order valence-electron chi connectivity index (χ0n) is 20.7. The summed E-state index contributed by atoms with van der Waals surface area (Å²) >= 11 is 0. The number of ether oxygens (including phenoxy) is 1. The van der Waals surface area contributed by atoms with Crippen LogP contribution in [0.15, 0.2) is 67.1 Å². The molecule has 2 aliphatic rings. The van der Waals surface area contributed by atoms with E-state index in [-0.39, 0.29) is 6.03 Å².